The highest BCUT2D eigenvalue weighted by atomic mass is 19.2. The number of rotatable bonds is 6. The molecule has 3 aromatic heterocycles. The smallest absolute Gasteiger partial charge is 0.194 e. The lowest BCUT2D eigenvalue weighted by molar-refractivity contribution is 0.0560. The van der Waals surface area contributed by atoms with Crippen LogP contribution in [0.2, 0.25) is 0 Å². The molecule has 6 rings (SSSR count). The zero-order chi connectivity index (χ0) is 26.6. The van der Waals surface area contributed by atoms with E-state index in [1.807, 2.05) is 0 Å². The van der Waals surface area contributed by atoms with Crippen molar-refractivity contribution < 1.29 is 22.7 Å². The Kier molecular flexibility index (Phi) is 6.02. The highest BCUT2D eigenvalue weighted by molar-refractivity contribution is 6.00. The van der Waals surface area contributed by atoms with Crippen LogP contribution in [0.15, 0.2) is 43.0 Å². The lowest BCUT2D eigenvalue weighted by atomic mass is 9.81. The molecule has 8 nitrogen and oxygen atoms in total. The molecule has 1 saturated heterocycles. The summed E-state index contributed by atoms with van der Waals surface area (Å²) in [5.74, 6) is -3.70. The van der Waals surface area contributed by atoms with Crippen molar-refractivity contribution in [3.8, 4) is 22.7 Å². The molecular formula is C27H25F3N6O2. The molecule has 0 saturated carbocycles. The van der Waals surface area contributed by atoms with E-state index in [9.17, 15) is 18.0 Å². The fraction of sp³-hybridized carbons (Fsp3) is 0.333. The van der Waals surface area contributed by atoms with E-state index in [1.54, 1.807) is 41.1 Å². The van der Waals surface area contributed by atoms with Crippen molar-refractivity contribution in [1.82, 2.24) is 29.4 Å². The van der Waals surface area contributed by atoms with Crippen LogP contribution in [0.3, 0.4) is 0 Å². The van der Waals surface area contributed by atoms with Crippen LogP contribution in [0, 0.1) is 17.5 Å². The highest BCUT2D eigenvalue weighted by Crippen LogP contribution is 2.44. The molecule has 5 heterocycles. The Hall–Kier alpha value is -3.99. The first-order valence-corrected chi connectivity index (χ1v) is 12.4. The maximum absolute atomic E-state index is 14.1. The van der Waals surface area contributed by atoms with E-state index < -0.39 is 17.5 Å². The molecule has 2 aliphatic heterocycles. The van der Waals surface area contributed by atoms with E-state index in [0.717, 1.165) is 42.7 Å². The maximum atomic E-state index is 14.1. The van der Waals surface area contributed by atoms with Gasteiger partial charge in [-0.05, 0) is 43.9 Å². The Morgan fingerprint density at radius 3 is 2.66 bits per heavy atom. The Balaban J connectivity index is 1.34. The second kappa shape index (κ2) is 9.39. The number of hydrogen-bond acceptors (Lipinski definition) is 6. The minimum Gasteiger partial charge on any atom is -0.494 e. The van der Waals surface area contributed by atoms with Gasteiger partial charge in [0.05, 0.1) is 42.8 Å². The number of aromatic nitrogens is 5. The molecule has 0 spiro atoms. The van der Waals surface area contributed by atoms with Crippen LogP contribution in [0.5, 0.6) is 5.75 Å². The van der Waals surface area contributed by atoms with Gasteiger partial charge in [-0.3, -0.25) is 19.4 Å². The number of carbonyl (C=O) groups is 1. The lowest BCUT2D eigenvalue weighted by Crippen LogP contribution is -2.48. The Bertz CT molecular complexity index is 1510. The molecule has 196 valence electrons. The van der Waals surface area contributed by atoms with Crippen molar-refractivity contribution in [3.05, 3.63) is 77.3 Å². The van der Waals surface area contributed by atoms with Gasteiger partial charge in [-0.2, -0.15) is 10.2 Å². The summed E-state index contributed by atoms with van der Waals surface area (Å²) in [5, 5.41) is 8.95. The number of ketones is 1. The molecule has 2 bridgehead atoms. The van der Waals surface area contributed by atoms with Gasteiger partial charge in [-0.15, -0.1) is 0 Å². The van der Waals surface area contributed by atoms with Gasteiger partial charge in [-0.1, -0.05) is 0 Å². The summed E-state index contributed by atoms with van der Waals surface area (Å²) in [4.78, 5) is 20.0. The molecule has 0 amide bonds. The quantitative estimate of drug-likeness (QED) is 0.276. The molecule has 38 heavy (non-hydrogen) atoms. The van der Waals surface area contributed by atoms with Gasteiger partial charge in [0.15, 0.2) is 29.0 Å². The second-order valence-corrected chi connectivity index (χ2v) is 9.68. The van der Waals surface area contributed by atoms with Gasteiger partial charge in [0.2, 0.25) is 0 Å². The van der Waals surface area contributed by atoms with Gasteiger partial charge in [0.25, 0.3) is 0 Å². The minimum atomic E-state index is -1.49. The normalized spacial score (nSPS) is 18.9. The summed E-state index contributed by atoms with van der Waals surface area (Å²) >= 11 is 0. The topological polar surface area (TPSA) is 78.1 Å². The number of carbonyl (C=O) groups excluding carboxylic acids is 1. The SMILES string of the molecule is COc1c(C(=O)CN2[C@H]3CCC[C@@H]2c2nn(C)c(-c4cc(F)c(F)c(F)c4)c2C3)cncc1-n1cccn1. The van der Waals surface area contributed by atoms with E-state index in [-0.39, 0.29) is 30.0 Å². The number of hydrogen-bond donors (Lipinski definition) is 0. The fourth-order valence-electron chi connectivity index (χ4n) is 5.91. The van der Waals surface area contributed by atoms with Crippen LogP contribution in [0.25, 0.3) is 16.9 Å². The molecule has 2 aliphatic rings. The number of methoxy groups -OCH3 is 1. The molecule has 4 aromatic rings. The number of Topliss-reactive ketones (excluding diaryl/α,β-unsaturated/α-hetero) is 1. The number of piperidine rings is 1. The monoisotopic (exact) mass is 522 g/mol. The third kappa shape index (κ3) is 3.89. The third-order valence-electron chi connectivity index (χ3n) is 7.53. The van der Waals surface area contributed by atoms with Crippen molar-refractivity contribution in [2.75, 3.05) is 13.7 Å². The van der Waals surface area contributed by atoms with Crippen molar-refractivity contribution >= 4 is 5.78 Å². The van der Waals surface area contributed by atoms with E-state index in [1.165, 1.54) is 13.3 Å². The number of benzene rings is 1. The molecule has 0 radical (unpaired) electrons. The Labute approximate surface area is 216 Å². The van der Waals surface area contributed by atoms with Crippen LogP contribution in [0.4, 0.5) is 13.2 Å². The van der Waals surface area contributed by atoms with Gasteiger partial charge in [-0.25, -0.2) is 17.9 Å². The molecule has 1 aromatic carbocycles. The summed E-state index contributed by atoms with van der Waals surface area (Å²) in [6, 6.07) is 3.69. The van der Waals surface area contributed by atoms with Crippen LogP contribution in [-0.2, 0) is 13.5 Å². The average Bonchev–Trinajstić information content (AvgIpc) is 3.55. The summed E-state index contributed by atoms with van der Waals surface area (Å²) in [6.45, 7) is 0.140. The summed E-state index contributed by atoms with van der Waals surface area (Å²) in [6.07, 6.45) is 9.69. The zero-order valence-electron chi connectivity index (χ0n) is 20.9. The van der Waals surface area contributed by atoms with Crippen LogP contribution in [0.1, 0.15) is 46.9 Å². The predicted octanol–water partition coefficient (Wildman–Crippen LogP) is 4.43. The van der Waals surface area contributed by atoms with E-state index in [2.05, 4.69) is 15.0 Å². The van der Waals surface area contributed by atoms with E-state index in [4.69, 9.17) is 9.84 Å². The number of pyridine rings is 1. The number of halogens is 3. The summed E-state index contributed by atoms with van der Waals surface area (Å²) < 4.78 is 50.6. The van der Waals surface area contributed by atoms with Gasteiger partial charge < -0.3 is 4.74 Å². The Morgan fingerprint density at radius 1 is 1.16 bits per heavy atom. The Morgan fingerprint density at radius 2 is 1.95 bits per heavy atom. The number of fused-ring (bicyclic) bond motifs is 4. The maximum Gasteiger partial charge on any atom is 0.194 e. The van der Waals surface area contributed by atoms with Gasteiger partial charge in [0, 0.05) is 42.8 Å². The minimum absolute atomic E-state index is 0.0385. The van der Waals surface area contributed by atoms with Crippen molar-refractivity contribution in [1.29, 1.82) is 0 Å². The molecule has 1 fully saturated rings. The second-order valence-electron chi connectivity index (χ2n) is 9.68. The fourth-order valence-corrected chi connectivity index (χ4v) is 5.91. The summed E-state index contributed by atoms with van der Waals surface area (Å²) in [7, 11) is 3.22. The first kappa shape index (κ1) is 24.4. The standard InChI is InChI=1S/C27H25F3N6O2/c1-34-26(15-9-19(28)24(30)20(29)10-15)17-11-16-5-3-6-21(25(17)33-34)35(16)14-23(37)18-12-31-13-22(27(18)38-2)36-8-4-7-32-36/h4,7-10,12-13,16,21H,3,5-6,11,14H2,1-2H3/t16-,21+/m0/s1. The molecule has 0 unspecified atom stereocenters. The molecular weight excluding hydrogens is 497 g/mol. The average molecular weight is 523 g/mol. The third-order valence-corrected chi connectivity index (χ3v) is 7.53. The zero-order valence-corrected chi connectivity index (χ0v) is 20.9. The highest BCUT2D eigenvalue weighted by Gasteiger charge is 2.42. The lowest BCUT2D eigenvalue weighted by Gasteiger charge is -2.45. The number of ether oxygens (including phenoxy) is 1. The van der Waals surface area contributed by atoms with Crippen molar-refractivity contribution in [2.45, 2.75) is 37.8 Å². The predicted molar refractivity (Wildman–Crippen MR) is 132 cm³/mol. The van der Waals surface area contributed by atoms with E-state index in [0.29, 0.717) is 29.1 Å². The van der Waals surface area contributed by atoms with E-state index >= 15 is 0 Å². The van der Waals surface area contributed by atoms with Crippen LogP contribution < -0.4 is 4.74 Å². The molecule has 0 N–H and O–H groups in total. The number of aryl methyl sites for hydroxylation is 1. The molecule has 2 atom stereocenters. The van der Waals surface area contributed by atoms with Gasteiger partial charge >= 0.3 is 0 Å². The first-order chi connectivity index (χ1) is 18.4. The first-order valence-electron chi connectivity index (χ1n) is 12.4. The summed E-state index contributed by atoms with van der Waals surface area (Å²) in [5.41, 5.74) is 3.41. The molecule has 0 aliphatic carbocycles. The van der Waals surface area contributed by atoms with Gasteiger partial charge in [0.1, 0.15) is 5.69 Å². The molecule has 11 heteroatoms. The van der Waals surface area contributed by atoms with Crippen LogP contribution >= 0.6 is 0 Å². The number of nitrogens with zero attached hydrogens (tertiary/aromatic N) is 6. The van der Waals surface area contributed by atoms with Crippen LogP contribution in [-0.4, -0.2) is 54.9 Å². The largest absolute Gasteiger partial charge is 0.494 e. The van der Waals surface area contributed by atoms with Crippen molar-refractivity contribution in [2.24, 2.45) is 7.05 Å². The van der Waals surface area contributed by atoms with Crippen molar-refractivity contribution in [3.63, 3.8) is 0 Å².